The van der Waals surface area contributed by atoms with E-state index in [2.05, 4.69) is 25.5 Å². The van der Waals surface area contributed by atoms with E-state index in [9.17, 15) is 10.1 Å². The lowest BCUT2D eigenvalue weighted by molar-refractivity contribution is -0.384. The van der Waals surface area contributed by atoms with Gasteiger partial charge >= 0.3 is 0 Å². The molecule has 2 N–H and O–H groups in total. The minimum atomic E-state index is -0.428. The molecule has 2 aromatic heterocycles. The number of nitrogens with zero attached hydrogens (tertiary/aromatic N) is 4. The van der Waals surface area contributed by atoms with Gasteiger partial charge in [-0.15, -0.1) is 0 Å². The summed E-state index contributed by atoms with van der Waals surface area (Å²) in [6, 6.07) is 6.35. The van der Waals surface area contributed by atoms with Crippen LogP contribution >= 0.6 is 0 Å². The number of H-pyrrole nitrogens is 1. The largest absolute Gasteiger partial charge is 0.354 e. The summed E-state index contributed by atoms with van der Waals surface area (Å²) in [5.74, 6) is 0.454. The molecule has 0 saturated carbocycles. The summed E-state index contributed by atoms with van der Waals surface area (Å²) in [6.45, 7) is 2.61. The minimum Gasteiger partial charge on any atom is -0.354 e. The lowest BCUT2D eigenvalue weighted by Crippen LogP contribution is -2.03. The summed E-state index contributed by atoms with van der Waals surface area (Å²) in [6.07, 6.45) is 1.61. The number of aromatic nitrogens is 4. The minimum absolute atomic E-state index is 0.0211. The number of aromatic amines is 1. The van der Waals surface area contributed by atoms with Gasteiger partial charge in [-0.3, -0.25) is 15.2 Å². The van der Waals surface area contributed by atoms with Crippen molar-refractivity contribution in [2.75, 3.05) is 11.9 Å². The molecule has 1 aromatic carbocycles. The summed E-state index contributed by atoms with van der Waals surface area (Å²) in [7, 11) is 0. The lowest BCUT2D eigenvalue weighted by atomic mass is 10.1. The van der Waals surface area contributed by atoms with E-state index in [1.54, 1.807) is 18.3 Å². The normalized spacial score (nSPS) is 10.7. The summed E-state index contributed by atoms with van der Waals surface area (Å²) in [5, 5.41) is 21.4. The van der Waals surface area contributed by atoms with Crippen LogP contribution in [0.1, 0.15) is 6.92 Å². The van der Waals surface area contributed by atoms with Crippen LogP contribution in [0.2, 0.25) is 0 Å². The molecule has 0 bridgehead atoms. The molecule has 8 nitrogen and oxygen atoms in total. The van der Waals surface area contributed by atoms with Crippen molar-refractivity contribution >= 4 is 22.7 Å². The van der Waals surface area contributed by atoms with Crippen LogP contribution in [0.5, 0.6) is 0 Å². The van der Waals surface area contributed by atoms with Crippen molar-refractivity contribution < 1.29 is 4.92 Å². The van der Waals surface area contributed by atoms with E-state index in [1.807, 2.05) is 6.92 Å². The first kappa shape index (κ1) is 13.0. The molecule has 0 aliphatic heterocycles. The molecule has 0 fully saturated rings. The Labute approximate surface area is 119 Å². The maximum atomic E-state index is 10.9. The van der Waals surface area contributed by atoms with Crippen LogP contribution in [0, 0.1) is 10.1 Å². The molecular formula is C13H12N6O2. The zero-order valence-electron chi connectivity index (χ0n) is 11.2. The molecule has 0 amide bonds. The highest BCUT2D eigenvalue weighted by Crippen LogP contribution is 2.28. The highest BCUT2D eigenvalue weighted by Gasteiger charge is 2.14. The van der Waals surface area contributed by atoms with Crippen molar-refractivity contribution in [3.8, 4) is 11.3 Å². The van der Waals surface area contributed by atoms with Gasteiger partial charge in [-0.2, -0.15) is 10.1 Å². The Kier molecular flexibility index (Phi) is 3.19. The average molecular weight is 284 g/mol. The van der Waals surface area contributed by atoms with E-state index in [-0.39, 0.29) is 5.69 Å². The predicted molar refractivity (Wildman–Crippen MR) is 77.9 cm³/mol. The number of anilines is 1. The lowest BCUT2D eigenvalue weighted by Gasteiger charge is -2.06. The van der Waals surface area contributed by atoms with Crippen LogP contribution in [0.25, 0.3) is 22.3 Å². The van der Waals surface area contributed by atoms with Gasteiger partial charge in [0.15, 0.2) is 5.65 Å². The Balaban J connectivity index is 2.20. The van der Waals surface area contributed by atoms with Crippen LogP contribution in [0.4, 0.5) is 11.6 Å². The third kappa shape index (κ3) is 2.38. The summed E-state index contributed by atoms with van der Waals surface area (Å²) in [4.78, 5) is 19.2. The smallest absolute Gasteiger partial charge is 0.270 e. The first-order valence-corrected chi connectivity index (χ1v) is 6.39. The fourth-order valence-corrected chi connectivity index (χ4v) is 2.06. The second-order valence-corrected chi connectivity index (χ2v) is 4.37. The molecule has 0 atom stereocenters. The second kappa shape index (κ2) is 5.16. The van der Waals surface area contributed by atoms with Crippen molar-refractivity contribution in [2.24, 2.45) is 0 Å². The maximum absolute atomic E-state index is 10.9. The van der Waals surface area contributed by atoms with Crippen molar-refractivity contribution in [3.63, 3.8) is 0 Å². The molecule has 8 heteroatoms. The number of fused-ring (bicyclic) bond motifs is 1. The molecular weight excluding hydrogens is 272 g/mol. The fourth-order valence-electron chi connectivity index (χ4n) is 2.06. The van der Waals surface area contributed by atoms with E-state index < -0.39 is 4.92 Å². The first-order chi connectivity index (χ1) is 10.2. The zero-order valence-corrected chi connectivity index (χ0v) is 11.2. The Morgan fingerprint density at radius 2 is 2.24 bits per heavy atom. The standard InChI is InChI=1S/C13H12N6O2/c1-2-14-13-16-11(10-7-15-18-12(10)17-13)8-4-3-5-9(6-8)19(20)21/h3-7H,2H2,1H3,(H2,14,15,16,17,18). The molecule has 0 unspecified atom stereocenters. The first-order valence-electron chi connectivity index (χ1n) is 6.39. The van der Waals surface area contributed by atoms with E-state index >= 15 is 0 Å². The van der Waals surface area contributed by atoms with Crippen molar-refractivity contribution in [2.45, 2.75) is 6.92 Å². The topological polar surface area (TPSA) is 110 Å². The van der Waals surface area contributed by atoms with E-state index in [0.29, 0.717) is 29.4 Å². The SMILES string of the molecule is CCNc1nc(-c2cccc([N+](=O)[O-])c2)c2cn[nH]c2n1. The van der Waals surface area contributed by atoms with Crippen molar-refractivity contribution in [1.82, 2.24) is 20.2 Å². The molecule has 21 heavy (non-hydrogen) atoms. The van der Waals surface area contributed by atoms with E-state index in [0.717, 1.165) is 5.39 Å². The van der Waals surface area contributed by atoms with Gasteiger partial charge < -0.3 is 5.32 Å². The quantitative estimate of drug-likeness (QED) is 0.562. The number of rotatable bonds is 4. The van der Waals surface area contributed by atoms with Crippen LogP contribution in [-0.4, -0.2) is 31.6 Å². The van der Waals surface area contributed by atoms with Gasteiger partial charge in [0.25, 0.3) is 5.69 Å². The molecule has 0 saturated heterocycles. The van der Waals surface area contributed by atoms with Gasteiger partial charge in [0.2, 0.25) is 5.95 Å². The predicted octanol–water partition coefficient (Wildman–Crippen LogP) is 2.36. The zero-order chi connectivity index (χ0) is 14.8. The van der Waals surface area contributed by atoms with Crippen molar-refractivity contribution in [1.29, 1.82) is 0 Å². The van der Waals surface area contributed by atoms with Crippen LogP contribution in [-0.2, 0) is 0 Å². The average Bonchev–Trinajstić information content (AvgIpc) is 2.95. The number of nitrogens with one attached hydrogen (secondary N) is 2. The highest BCUT2D eigenvalue weighted by atomic mass is 16.6. The van der Waals surface area contributed by atoms with Gasteiger partial charge in [-0.25, -0.2) is 4.98 Å². The number of benzene rings is 1. The van der Waals surface area contributed by atoms with E-state index in [1.165, 1.54) is 12.1 Å². The van der Waals surface area contributed by atoms with Gasteiger partial charge in [-0.05, 0) is 6.92 Å². The number of nitro benzene ring substituents is 1. The summed E-state index contributed by atoms with van der Waals surface area (Å²) < 4.78 is 0. The number of hydrogen-bond donors (Lipinski definition) is 2. The summed E-state index contributed by atoms with van der Waals surface area (Å²) >= 11 is 0. The number of non-ortho nitro benzene ring substituents is 1. The van der Waals surface area contributed by atoms with Crippen LogP contribution in [0.15, 0.2) is 30.5 Å². The molecule has 106 valence electrons. The third-order valence-corrected chi connectivity index (χ3v) is 2.98. The molecule has 3 rings (SSSR count). The van der Waals surface area contributed by atoms with Gasteiger partial charge in [0.1, 0.15) is 0 Å². The van der Waals surface area contributed by atoms with Gasteiger partial charge in [0.05, 0.1) is 22.2 Å². The Morgan fingerprint density at radius 1 is 1.38 bits per heavy atom. The fraction of sp³-hybridized carbons (Fsp3) is 0.154. The Morgan fingerprint density at radius 3 is 3.00 bits per heavy atom. The molecule has 2 heterocycles. The van der Waals surface area contributed by atoms with Crippen LogP contribution < -0.4 is 5.32 Å². The Hall–Kier alpha value is -3.03. The molecule has 0 spiro atoms. The highest BCUT2D eigenvalue weighted by molar-refractivity contribution is 5.91. The van der Waals surface area contributed by atoms with E-state index in [4.69, 9.17) is 0 Å². The van der Waals surface area contributed by atoms with Crippen molar-refractivity contribution in [3.05, 3.63) is 40.6 Å². The second-order valence-electron chi connectivity index (χ2n) is 4.37. The molecule has 3 aromatic rings. The molecule has 0 radical (unpaired) electrons. The Bertz CT molecular complexity index is 813. The molecule has 0 aliphatic rings. The maximum Gasteiger partial charge on any atom is 0.270 e. The number of hydrogen-bond acceptors (Lipinski definition) is 6. The monoisotopic (exact) mass is 284 g/mol. The summed E-state index contributed by atoms with van der Waals surface area (Å²) in [5.41, 5.74) is 1.86. The number of nitro groups is 1. The van der Waals surface area contributed by atoms with Crippen LogP contribution in [0.3, 0.4) is 0 Å². The van der Waals surface area contributed by atoms with Gasteiger partial charge in [-0.1, -0.05) is 12.1 Å². The molecule has 0 aliphatic carbocycles. The third-order valence-electron chi connectivity index (χ3n) is 2.98. The van der Waals surface area contributed by atoms with Gasteiger partial charge in [0, 0.05) is 24.2 Å².